The molecule has 0 radical (unpaired) electrons. The van der Waals surface area contributed by atoms with E-state index in [0.717, 1.165) is 71.8 Å². The number of nitrogens with zero attached hydrogens (tertiary/aromatic N) is 1. The van der Waals surface area contributed by atoms with E-state index < -0.39 is 0 Å². The van der Waals surface area contributed by atoms with Crippen molar-refractivity contribution >= 4 is 34.2 Å². The van der Waals surface area contributed by atoms with Crippen molar-refractivity contribution in [2.75, 3.05) is 10.6 Å². The molecule has 6 heteroatoms. The molecule has 0 saturated heterocycles. The van der Waals surface area contributed by atoms with Gasteiger partial charge in [-0.3, -0.25) is 9.59 Å². The third kappa shape index (κ3) is 4.71. The van der Waals surface area contributed by atoms with Gasteiger partial charge in [0.15, 0.2) is 0 Å². The number of imidazole rings is 1. The van der Waals surface area contributed by atoms with Gasteiger partial charge in [0.05, 0.1) is 11.0 Å². The molecule has 3 atom stereocenters. The van der Waals surface area contributed by atoms with Crippen molar-refractivity contribution in [3.05, 3.63) is 42.5 Å². The molecule has 6 nitrogen and oxygen atoms in total. The van der Waals surface area contributed by atoms with Crippen LogP contribution in [0, 0.1) is 23.7 Å². The summed E-state index contributed by atoms with van der Waals surface area (Å²) in [6.07, 6.45) is 11.5. The summed E-state index contributed by atoms with van der Waals surface area (Å²) < 4.78 is 0. The third-order valence-electron chi connectivity index (χ3n) is 8.48. The van der Waals surface area contributed by atoms with Crippen molar-refractivity contribution in [2.24, 2.45) is 23.7 Å². The molecule has 2 bridgehead atoms. The summed E-state index contributed by atoms with van der Waals surface area (Å²) in [6, 6.07) is 13.7. The fourth-order valence-corrected chi connectivity index (χ4v) is 6.52. The Balaban J connectivity index is 1.12. The van der Waals surface area contributed by atoms with E-state index in [1.807, 2.05) is 42.5 Å². The highest BCUT2D eigenvalue weighted by atomic mass is 16.2. The van der Waals surface area contributed by atoms with Crippen LogP contribution in [0.2, 0.25) is 0 Å². The van der Waals surface area contributed by atoms with Crippen LogP contribution in [0.4, 0.5) is 11.4 Å². The van der Waals surface area contributed by atoms with E-state index in [1.165, 1.54) is 32.1 Å². The Kier molecular flexibility index (Phi) is 6.05. The molecule has 1 aromatic heterocycles. The molecule has 1 heterocycles. The van der Waals surface area contributed by atoms with E-state index in [2.05, 4.69) is 15.6 Å². The van der Waals surface area contributed by atoms with E-state index >= 15 is 0 Å². The summed E-state index contributed by atoms with van der Waals surface area (Å²) in [4.78, 5) is 33.6. The zero-order valence-corrected chi connectivity index (χ0v) is 20.2. The fourth-order valence-electron chi connectivity index (χ4n) is 6.52. The highest BCUT2D eigenvalue weighted by molar-refractivity contribution is 5.95. The van der Waals surface area contributed by atoms with Crippen LogP contribution in [0.15, 0.2) is 42.5 Å². The molecule has 35 heavy (non-hydrogen) atoms. The maximum atomic E-state index is 12.8. The van der Waals surface area contributed by atoms with Crippen molar-refractivity contribution in [3.63, 3.8) is 0 Å². The highest BCUT2D eigenvalue weighted by Crippen LogP contribution is 2.48. The lowest BCUT2D eigenvalue weighted by molar-refractivity contribution is -0.121. The van der Waals surface area contributed by atoms with Gasteiger partial charge in [0.1, 0.15) is 5.82 Å². The first-order chi connectivity index (χ1) is 17.1. The molecule has 3 unspecified atom stereocenters. The van der Waals surface area contributed by atoms with Crippen LogP contribution < -0.4 is 10.6 Å². The summed E-state index contributed by atoms with van der Waals surface area (Å²) in [6.45, 7) is 0. The van der Waals surface area contributed by atoms with Gasteiger partial charge >= 0.3 is 0 Å². The minimum Gasteiger partial charge on any atom is -0.338 e. The van der Waals surface area contributed by atoms with E-state index in [4.69, 9.17) is 4.98 Å². The Labute approximate surface area is 206 Å². The van der Waals surface area contributed by atoms with Crippen LogP contribution in [-0.2, 0) is 9.59 Å². The summed E-state index contributed by atoms with van der Waals surface area (Å²) in [5.41, 5.74) is 4.36. The number of carbonyl (C=O) groups excluding carboxylic acids is 2. The first kappa shape index (κ1) is 22.3. The zero-order chi connectivity index (χ0) is 23.8. The average Bonchev–Trinajstić information content (AvgIpc) is 3.55. The predicted octanol–water partition coefficient (Wildman–Crippen LogP) is 6.51. The topological polar surface area (TPSA) is 86.9 Å². The fraction of sp³-hybridized carbons (Fsp3) is 0.483. The van der Waals surface area contributed by atoms with Crippen molar-refractivity contribution in [3.8, 4) is 11.4 Å². The van der Waals surface area contributed by atoms with E-state index in [-0.39, 0.29) is 23.7 Å². The van der Waals surface area contributed by atoms with E-state index in [9.17, 15) is 9.59 Å². The lowest BCUT2D eigenvalue weighted by Crippen LogP contribution is -2.27. The maximum absolute atomic E-state index is 12.8. The third-order valence-corrected chi connectivity index (χ3v) is 8.48. The monoisotopic (exact) mass is 470 g/mol. The maximum Gasteiger partial charge on any atom is 0.227 e. The van der Waals surface area contributed by atoms with Crippen LogP contribution in [0.1, 0.15) is 64.2 Å². The summed E-state index contributed by atoms with van der Waals surface area (Å²) in [5.74, 6) is 2.71. The van der Waals surface area contributed by atoms with Gasteiger partial charge in [-0.2, -0.15) is 0 Å². The molecule has 3 aliphatic carbocycles. The summed E-state index contributed by atoms with van der Waals surface area (Å²) in [7, 11) is 0. The average molecular weight is 471 g/mol. The smallest absolute Gasteiger partial charge is 0.227 e. The molecule has 6 rings (SSSR count). The number of hydrogen-bond donors (Lipinski definition) is 3. The SMILES string of the molecule is O=C(Nc1ccc(-c2nc3ccc(NC(=O)C4CC5CCC4C5)cc3[nH]2)cc1)C1CCCCCC1. The number of carbonyl (C=O) groups is 2. The minimum absolute atomic E-state index is 0.131. The second-order valence-corrected chi connectivity index (χ2v) is 10.8. The molecule has 3 aliphatic rings. The second-order valence-electron chi connectivity index (χ2n) is 10.8. The molecule has 3 saturated carbocycles. The number of nitrogens with one attached hydrogen (secondary N) is 3. The van der Waals surface area contributed by atoms with Gasteiger partial charge in [0, 0.05) is 28.8 Å². The molecule has 2 amide bonds. The number of aromatic amines is 1. The quantitative estimate of drug-likeness (QED) is 0.371. The number of rotatable bonds is 5. The van der Waals surface area contributed by atoms with Gasteiger partial charge < -0.3 is 15.6 Å². The van der Waals surface area contributed by atoms with Crippen molar-refractivity contribution in [1.82, 2.24) is 9.97 Å². The van der Waals surface area contributed by atoms with Gasteiger partial charge in [-0.05, 0) is 86.4 Å². The Hall–Kier alpha value is -3.15. The first-order valence-electron chi connectivity index (χ1n) is 13.3. The van der Waals surface area contributed by atoms with Crippen LogP contribution in [-0.4, -0.2) is 21.8 Å². The Bertz CT molecular complexity index is 1220. The van der Waals surface area contributed by atoms with Crippen LogP contribution in [0.25, 0.3) is 22.4 Å². The number of anilines is 2. The van der Waals surface area contributed by atoms with Crippen molar-refractivity contribution in [2.45, 2.75) is 64.2 Å². The van der Waals surface area contributed by atoms with Crippen LogP contribution in [0.5, 0.6) is 0 Å². The van der Waals surface area contributed by atoms with Crippen molar-refractivity contribution in [1.29, 1.82) is 0 Å². The molecule has 0 aliphatic heterocycles. The number of fused-ring (bicyclic) bond motifs is 3. The van der Waals surface area contributed by atoms with E-state index in [1.54, 1.807) is 0 Å². The first-order valence-corrected chi connectivity index (χ1v) is 13.3. The minimum atomic E-state index is 0.131. The molecular formula is C29H34N4O2. The lowest BCUT2D eigenvalue weighted by Gasteiger charge is -2.20. The summed E-state index contributed by atoms with van der Waals surface area (Å²) >= 11 is 0. The molecular weight excluding hydrogens is 436 g/mol. The van der Waals surface area contributed by atoms with Crippen molar-refractivity contribution < 1.29 is 9.59 Å². The number of aromatic nitrogens is 2. The molecule has 3 aromatic rings. The summed E-state index contributed by atoms with van der Waals surface area (Å²) in [5, 5.41) is 6.23. The lowest BCUT2D eigenvalue weighted by atomic mass is 9.88. The van der Waals surface area contributed by atoms with Gasteiger partial charge in [0.2, 0.25) is 11.8 Å². The molecule has 182 valence electrons. The predicted molar refractivity (Wildman–Crippen MR) is 139 cm³/mol. The number of hydrogen-bond acceptors (Lipinski definition) is 3. The second kappa shape index (κ2) is 9.48. The Morgan fingerprint density at radius 3 is 2.26 bits per heavy atom. The number of amides is 2. The zero-order valence-electron chi connectivity index (χ0n) is 20.2. The molecule has 3 fully saturated rings. The van der Waals surface area contributed by atoms with Crippen LogP contribution >= 0.6 is 0 Å². The van der Waals surface area contributed by atoms with Crippen LogP contribution in [0.3, 0.4) is 0 Å². The molecule has 2 aromatic carbocycles. The van der Waals surface area contributed by atoms with Gasteiger partial charge in [0.25, 0.3) is 0 Å². The number of H-pyrrole nitrogens is 1. The van der Waals surface area contributed by atoms with E-state index in [0.29, 0.717) is 5.92 Å². The highest BCUT2D eigenvalue weighted by Gasteiger charge is 2.43. The largest absolute Gasteiger partial charge is 0.338 e. The van der Waals surface area contributed by atoms with Gasteiger partial charge in [-0.25, -0.2) is 4.98 Å². The Morgan fingerprint density at radius 2 is 1.54 bits per heavy atom. The standard InChI is InChI=1S/C29H34N4O2/c34-28(20-5-3-1-2-4-6-20)30-22-11-9-19(10-12-22)27-32-25-14-13-23(17-26(25)33-27)31-29(35)24-16-18-7-8-21(24)15-18/h9-14,17-18,20-21,24H,1-8,15-16H2,(H,30,34)(H,31,35)(H,32,33). The van der Waals surface area contributed by atoms with Gasteiger partial charge in [-0.15, -0.1) is 0 Å². The Morgan fingerprint density at radius 1 is 0.800 bits per heavy atom. The molecule has 3 N–H and O–H groups in total. The molecule has 0 spiro atoms. The normalized spacial score (nSPS) is 24.4. The van der Waals surface area contributed by atoms with Gasteiger partial charge in [-0.1, -0.05) is 32.1 Å². The number of benzene rings is 2.